The highest BCUT2D eigenvalue weighted by Crippen LogP contribution is 2.15. The molecule has 100 valence electrons. The molecular weight excluding hydrogens is 214 g/mol. The van der Waals surface area contributed by atoms with Gasteiger partial charge in [0.05, 0.1) is 0 Å². The molecule has 17 heavy (non-hydrogen) atoms. The number of hydrogen-bond donors (Lipinski definition) is 2. The molecule has 1 rings (SSSR count). The van der Waals surface area contributed by atoms with E-state index in [1.165, 1.54) is 25.9 Å². The number of nitrogens with zero attached hydrogens (tertiary/aromatic N) is 1. The van der Waals surface area contributed by atoms with E-state index in [0.29, 0.717) is 12.3 Å². The second kappa shape index (κ2) is 7.67. The monoisotopic (exact) mass is 241 g/mol. The van der Waals surface area contributed by atoms with Crippen LogP contribution in [0.15, 0.2) is 0 Å². The van der Waals surface area contributed by atoms with Gasteiger partial charge in [0.25, 0.3) is 0 Å². The van der Waals surface area contributed by atoms with E-state index in [-0.39, 0.29) is 11.9 Å². The van der Waals surface area contributed by atoms with Crippen LogP contribution in [0, 0.1) is 5.92 Å². The highest BCUT2D eigenvalue weighted by molar-refractivity contribution is 5.75. The molecule has 1 saturated heterocycles. The minimum Gasteiger partial charge on any atom is -0.356 e. The Labute approximate surface area is 105 Å². The summed E-state index contributed by atoms with van der Waals surface area (Å²) in [5.41, 5.74) is 5.62. The van der Waals surface area contributed by atoms with Crippen molar-refractivity contribution < 1.29 is 4.79 Å². The first-order valence-corrected chi connectivity index (χ1v) is 6.86. The maximum atomic E-state index is 11.5. The molecule has 1 heterocycles. The third kappa shape index (κ3) is 6.03. The van der Waals surface area contributed by atoms with Crippen LogP contribution in [0.5, 0.6) is 0 Å². The normalized spacial score (nSPS) is 20.2. The quantitative estimate of drug-likeness (QED) is 0.728. The topological polar surface area (TPSA) is 58.4 Å². The zero-order chi connectivity index (χ0) is 12.7. The van der Waals surface area contributed by atoms with Crippen molar-refractivity contribution in [2.24, 2.45) is 11.7 Å². The molecule has 3 N–H and O–H groups in total. The van der Waals surface area contributed by atoms with E-state index < -0.39 is 0 Å². The Morgan fingerprint density at radius 1 is 1.47 bits per heavy atom. The largest absolute Gasteiger partial charge is 0.356 e. The summed E-state index contributed by atoms with van der Waals surface area (Å²) in [5.74, 6) is 0.817. The number of rotatable bonds is 6. The van der Waals surface area contributed by atoms with Crippen molar-refractivity contribution in [3.63, 3.8) is 0 Å². The first kappa shape index (κ1) is 14.5. The van der Waals surface area contributed by atoms with Crippen molar-refractivity contribution in [3.8, 4) is 0 Å². The molecule has 0 aromatic carbocycles. The summed E-state index contributed by atoms with van der Waals surface area (Å²) in [4.78, 5) is 14.0. The van der Waals surface area contributed by atoms with Crippen LogP contribution in [0.4, 0.5) is 0 Å². The molecule has 1 fully saturated rings. The van der Waals surface area contributed by atoms with Crippen LogP contribution in [0.3, 0.4) is 0 Å². The van der Waals surface area contributed by atoms with Crippen molar-refractivity contribution in [1.29, 1.82) is 0 Å². The fourth-order valence-electron chi connectivity index (χ4n) is 2.21. The lowest BCUT2D eigenvalue weighted by Gasteiger charge is -2.31. The number of nitrogens with two attached hydrogens (primary N) is 1. The predicted octanol–water partition coefficient (Wildman–Crippen LogP) is 0.962. The minimum absolute atomic E-state index is 0.119. The molecule has 1 aliphatic rings. The molecule has 4 heteroatoms. The maximum absolute atomic E-state index is 11.5. The summed E-state index contributed by atoms with van der Waals surface area (Å²) in [6, 6.07) is 0.119. The number of carbonyl (C=O) groups is 1. The Kier molecular flexibility index (Phi) is 6.52. The molecule has 0 radical (unpaired) electrons. The molecular formula is C13H27N3O. The number of hydrogen-bond acceptors (Lipinski definition) is 3. The van der Waals surface area contributed by atoms with Gasteiger partial charge in [0, 0.05) is 19.0 Å². The van der Waals surface area contributed by atoms with Gasteiger partial charge in [-0.2, -0.15) is 0 Å². The van der Waals surface area contributed by atoms with Crippen molar-refractivity contribution in [1.82, 2.24) is 10.2 Å². The van der Waals surface area contributed by atoms with Crippen LogP contribution in [-0.4, -0.2) is 43.0 Å². The van der Waals surface area contributed by atoms with Gasteiger partial charge < -0.3 is 16.0 Å². The van der Waals surface area contributed by atoms with Gasteiger partial charge in [0.15, 0.2) is 0 Å². The summed E-state index contributed by atoms with van der Waals surface area (Å²) < 4.78 is 0. The average molecular weight is 241 g/mol. The lowest BCUT2D eigenvalue weighted by atomic mass is 9.97. The van der Waals surface area contributed by atoms with E-state index in [2.05, 4.69) is 17.1 Å². The van der Waals surface area contributed by atoms with Crippen molar-refractivity contribution in [3.05, 3.63) is 0 Å². The number of amides is 1. The van der Waals surface area contributed by atoms with Gasteiger partial charge in [0.1, 0.15) is 0 Å². The fourth-order valence-corrected chi connectivity index (χ4v) is 2.21. The molecule has 0 aromatic heterocycles. The van der Waals surface area contributed by atoms with Crippen LogP contribution >= 0.6 is 0 Å². The SMILES string of the molecule is CCN1CCC(CNC(=O)CCC(C)N)CC1. The first-order chi connectivity index (χ1) is 8.11. The van der Waals surface area contributed by atoms with Gasteiger partial charge >= 0.3 is 0 Å². The van der Waals surface area contributed by atoms with E-state index in [4.69, 9.17) is 5.73 Å². The zero-order valence-corrected chi connectivity index (χ0v) is 11.2. The standard InChI is InChI=1S/C13H27N3O/c1-3-16-8-6-12(7-9-16)10-15-13(17)5-4-11(2)14/h11-12H,3-10,14H2,1-2H3,(H,15,17). The Morgan fingerprint density at radius 3 is 2.65 bits per heavy atom. The van der Waals surface area contributed by atoms with Crippen LogP contribution in [0.1, 0.15) is 39.5 Å². The molecule has 1 atom stereocenters. The second-order valence-electron chi connectivity index (χ2n) is 5.20. The number of carbonyl (C=O) groups excluding carboxylic acids is 1. The van der Waals surface area contributed by atoms with Crippen LogP contribution < -0.4 is 11.1 Å². The van der Waals surface area contributed by atoms with Gasteiger partial charge in [-0.1, -0.05) is 6.92 Å². The highest BCUT2D eigenvalue weighted by atomic mass is 16.1. The van der Waals surface area contributed by atoms with Gasteiger partial charge in [-0.25, -0.2) is 0 Å². The Balaban J connectivity index is 2.08. The van der Waals surface area contributed by atoms with Gasteiger partial charge in [0.2, 0.25) is 5.91 Å². The summed E-state index contributed by atoms with van der Waals surface area (Å²) in [6.45, 7) is 8.49. The third-order valence-electron chi connectivity index (χ3n) is 3.57. The van der Waals surface area contributed by atoms with Gasteiger partial charge in [-0.05, 0) is 51.7 Å². The first-order valence-electron chi connectivity index (χ1n) is 6.86. The van der Waals surface area contributed by atoms with Crippen molar-refractivity contribution in [2.45, 2.75) is 45.6 Å². The molecule has 1 aliphatic heterocycles. The summed E-state index contributed by atoms with van der Waals surface area (Å²) in [7, 11) is 0. The van der Waals surface area contributed by atoms with E-state index >= 15 is 0 Å². The second-order valence-corrected chi connectivity index (χ2v) is 5.20. The van der Waals surface area contributed by atoms with Crippen molar-refractivity contribution in [2.75, 3.05) is 26.2 Å². The third-order valence-corrected chi connectivity index (χ3v) is 3.57. The van der Waals surface area contributed by atoms with Crippen molar-refractivity contribution >= 4 is 5.91 Å². The highest BCUT2D eigenvalue weighted by Gasteiger charge is 2.18. The molecule has 1 unspecified atom stereocenters. The summed E-state index contributed by atoms with van der Waals surface area (Å²) >= 11 is 0. The Bertz CT molecular complexity index is 223. The smallest absolute Gasteiger partial charge is 0.220 e. The minimum atomic E-state index is 0.119. The van der Waals surface area contributed by atoms with E-state index in [0.717, 1.165) is 19.5 Å². The number of piperidine rings is 1. The molecule has 0 spiro atoms. The maximum Gasteiger partial charge on any atom is 0.220 e. The summed E-state index contributed by atoms with van der Waals surface area (Å²) in [5, 5.41) is 3.03. The zero-order valence-electron chi connectivity index (χ0n) is 11.2. The van der Waals surface area contributed by atoms with Crippen LogP contribution in [0.25, 0.3) is 0 Å². The van der Waals surface area contributed by atoms with Gasteiger partial charge in [-0.15, -0.1) is 0 Å². The summed E-state index contributed by atoms with van der Waals surface area (Å²) in [6.07, 6.45) is 3.76. The molecule has 4 nitrogen and oxygen atoms in total. The average Bonchev–Trinajstić information content (AvgIpc) is 2.34. The van der Waals surface area contributed by atoms with Crippen LogP contribution in [0.2, 0.25) is 0 Å². The Morgan fingerprint density at radius 2 is 2.12 bits per heavy atom. The Hall–Kier alpha value is -0.610. The molecule has 0 saturated carbocycles. The van der Waals surface area contributed by atoms with Crippen LogP contribution in [-0.2, 0) is 4.79 Å². The predicted molar refractivity (Wildman–Crippen MR) is 70.7 cm³/mol. The van der Waals surface area contributed by atoms with Gasteiger partial charge in [-0.3, -0.25) is 4.79 Å². The number of nitrogens with one attached hydrogen (secondary N) is 1. The van der Waals surface area contributed by atoms with E-state index in [1.807, 2.05) is 6.92 Å². The van der Waals surface area contributed by atoms with E-state index in [9.17, 15) is 4.79 Å². The molecule has 0 aliphatic carbocycles. The lowest BCUT2D eigenvalue weighted by Crippen LogP contribution is -2.38. The molecule has 0 aromatic rings. The lowest BCUT2D eigenvalue weighted by molar-refractivity contribution is -0.121. The number of likely N-dealkylation sites (tertiary alicyclic amines) is 1. The fraction of sp³-hybridized carbons (Fsp3) is 0.923. The van der Waals surface area contributed by atoms with E-state index in [1.54, 1.807) is 0 Å². The molecule has 0 bridgehead atoms. The molecule has 1 amide bonds.